The van der Waals surface area contributed by atoms with Crippen molar-refractivity contribution >= 4 is 21.6 Å². The van der Waals surface area contributed by atoms with E-state index < -0.39 is 16.1 Å². The molecule has 0 aliphatic carbocycles. The second-order valence-corrected chi connectivity index (χ2v) is 9.83. The summed E-state index contributed by atoms with van der Waals surface area (Å²) in [6.45, 7) is 4.08. The lowest BCUT2D eigenvalue weighted by Crippen LogP contribution is -2.50. The molecule has 9 heteroatoms. The third kappa shape index (κ3) is 4.95. The predicted molar refractivity (Wildman–Crippen MR) is 109 cm³/mol. The number of carbonyl (C=O) groups is 1. The first-order chi connectivity index (χ1) is 13.0. The van der Waals surface area contributed by atoms with Crippen molar-refractivity contribution in [1.29, 1.82) is 0 Å². The molecule has 0 bridgehead atoms. The molecule has 1 heterocycles. The minimum absolute atomic E-state index is 0.135. The number of hydrogen-bond donors (Lipinski definition) is 1. The third-order valence-electron chi connectivity index (χ3n) is 5.17. The van der Waals surface area contributed by atoms with Gasteiger partial charge in [0.15, 0.2) is 0 Å². The van der Waals surface area contributed by atoms with E-state index in [1.54, 1.807) is 24.0 Å². The molecule has 1 aromatic rings. The number of sulfonamides is 1. The zero-order chi connectivity index (χ0) is 21.2. The minimum Gasteiger partial charge on any atom is -0.488 e. The molecule has 0 unspecified atom stereocenters. The first kappa shape index (κ1) is 22.4. The fraction of sp³-hybridized carbons (Fsp3) is 0.632. The Kier molecular flexibility index (Phi) is 6.95. The molecule has 1 aliphatic rings. The average molecular weight is 414 g/mol. The second-order valence-electron chi connectivity index (χ2n) is 7.74. The van der Waals surface area contributed by atoms with Gasteiger partial charge in [0.2, 0.25) is 10.0 Å². The maximum Gasteiger partial charge on any atom is 0.258 e. The highest BCUT2D eigenvalue weighted by atomic mass is 32.2. The SMILES string of the molecule is C[C@@H]1CN([C@H](C)CO)C(=O)c2cc(N(C)C)ccc2O[C@H]1CN(C)S(C)(=O)=O. The maximum atomic E-state index is 13.2. The standard InChI is InChI=1S/C19H31N3O5S/c1-13-10-22(14(2)12-23)19(24)16-9-15(20(3)4)7-8-17(16)27-18(13)11-21(5)28(6,25)26/h7-9,13-14,18,23H,10-12H2,1-6H3/t13-,14-,18+/m1/s1. The summed E-state index contributed by atoms with van der Waals surface area (Å²) in [6, 6.07) is 5.00. The Hall–Kier alpha value is -1.84. The summed E-state index contributed by atoms with van der Waals surface area (Å²) in [4.78, 5) is 16.7. The van der Waals surface area contributed by atoms with Gasteiger partial charge in [-0.25, -0.2) is 12.7 Å². The van der Waals surface area contributed by atoms with Crippen LogP contribution in [0.15, 0.2) is 18.2 Å². The summed E-state index contributed by atoms with van der Waals surface area (Å²) in [5.74, 6) is 0.0787. The topological polar surface area (TPSA) is 90.4 Å². The van der Waals surface area contributed by atoms with E-state index in [1.807, 2.05) is 32.0 Å². The average Bonchev–Trinajstić information content (AvgIpc) is 2.62. The molecule has 1 N–H and O–H groups in total. The highest BCUT2D eigenvalue weighted by Gasteiger charge is 2.34. The van der Waals surface area contributed by atoms with E-state index >= 15 is 0 Å². The molecule has 28 heavy (non-hydrogen) atoms. The van der Waals surface area contributed by atoms with Crippen LogP contribution < -0.4 is 9.64 Å². The van der Waals surface area contributed by atoms with Gasteiger partial charge in [0.25, 0.3) is 5.91 Å². The Bertz CT molecular complexity index is 812. The van der Waals surface area contributed by atoms with Crippen LogP contribution in [0.25, 0.3) is 0 Å². The van der Waals surface area contributed by atoms with E-state index in [0.29, 0.717) is 17.9 Å². The Morgan fingerprint density at radius 1 is 1.32 bits per heavy atom. The van der Waals surface area contributed by atoms with Crippen molar-refractivity contribution < 1.29 is 23.1 Å². The largest absolute Gasteiger partial charge is 0.488 e. The molecule has 3 atom stereocenters. The van der Waals surface area contributed by atoms with Crippen LogP contribution in [0.2, 0.25) is 0 Å². The first-order valence-electron chi connectivity index (χ1n) is 9.26. The van der Waals surface area contributed by atoms with E-state index in [-0.39, 0.29) is 31.0 Å². The number of amides is 1. The Labute approximate surface area is 167 Å². The molecular formula is C19H31N3O5S. The van der Waals surface area contributed by atoms with Gasteiger partial charge in [-0.05, 0) is 25.1 Å². The van der Waals surface area contributed by atoms with E-state index in [4.69, 9.17) is 4.74 Å². The van der Waals surface area contributed by atoms with Crippen molar-refractivity contribution in [3.05, 3.63) is 23.8 Å². The van der Waals surface area contributed by atoms with Gasteiger partial charge in [-0.1, -0.05) is 6.92 Å². The maximum absolute atomic E-state index is 13.2. The van der Waals surface area contributed by atoms with Gasteiger partial charge in [-0.3, -0.25) is 4.79 Å². The normalized spacial score (nSPS) is 21.6. The lowest BCUT2D eigenvalue weighted by atomic mass is 9.99. The van der Waals surface area contributed by atoms with Gasteiger partial charge in [0.05, 0.1) is 31.0 Å². The summed E-state index contributed by atoms with van der Waals surface area (Å²) in [5, 5.41) is 9.64. The summed E-state index contributed by atoms with van der Waals surface area (Å²) >= 11 is 0. The molecule has 0 aromatic heterocycles. The van der Waals surface area contributed by atoms with Gasteiger partial charge in [-0.2, -0.15) is 0 Å². The molecule has 1 amide bonds. The number of anilines is 1. The van der Waals surface area contributed by atoms with Gasteiger partial charge < -0.3 is 19.6 Å². The third-order valence-corrected chi connectivity index (χ3v) is 6.45. The number of aliphatic hydroxyl groups is 1. The van der Waals surface area contributed by atoms with Gasteiger partial charge >= 0.3 is 0 Å². The lowest BCUT2D eigenvalue weighted by Gasteiger charge is -2.38. The Morgan fingerprint density at radius 3 is 2.50 bits per heavy atom. The summed E-state index contributed by atoms with van der Waals surface area (Å²) in [6.07, 6.45) is 0.715. The molecular weight excluding hydrogens is 382 g/mol. The fourth-order valence-corrected chi connectivity index (χ4v) is 3.51. The summed E-state index contributed by atoms with van der Waals surface area (Å²) in [7, 11) is 1.92. The number of likely N-dealkylation sites (N-methyl/N-ethyl adjacent to an activating group) is 1. The highest BCUT2D eigenvalue weighted by Crippen LogP contribution is 2.31. The number of nitrogens with zero attached hydrogens (tertiary/aromatic N) is 3. The second kappa shape index (κ2) is 8.67. The summed E-state index contributed by atoms with van der Waals surface area (Å²) in [5.41, 5.74) is 1.26. The number of aliphatic hydroxyl groups excluding tert-OH is 1. The van der Waals surface area contributed by atoms with Gasteiger partial charge in [0.1, 0.15) is 11.9 Å². The van der Waals surface area contributed by atoms with E-state index in [9.17, 15) is 18.3 Å². The van der Waals surface area contributed by atoms with Crippen LogP contribution in [-0.2, 0) is 10.0 Å². The van der Waals surface area contributed by atoms with Crippen LogP contribution >= 0.6 is 0 Å². The van der Waals surface area contributed by atoms with Crippen molar-refractivity contribution in [3.8, 4) is 5.75 Å². The number of benzene rings is 1. The molecule has 8 nitrogen and oxygen atoms in total. The Balaban J connectivity index is 2.50. The van der Waals surface area contributed by atoms with E-state index in [2.05, 4.69) is 0 Å². The molecule has 0 saturated heterocycles. The van der Waals surface area contributed by atoms with Crippen LogP contribution in [0, 0.1) is 5.92 Å². The summed E-state index contributed by atoms with van der Waals surface area (Å²) < 4.78 is 31.1. The Morgan fingerprint density at radius 2 is 1.96 bits per heavy atom. The van der Waals surface area contributed by atoms with Crippen molar-refractivity contribution in [2.45, 2.75) is 26.0 Å². The van der Waals surface area contributed by atoms with Crippen LogP contribution in [-0.4, -0.2) is 87.9 Å². The van der Waals surface area contributed by atoms with Crippen LogP contribution in [0.5, 0.6) is 5.75 Å². The smallest absolute Gasteiger partial charge is 0.258 e. The van der Waals surface area contributed by atoms with Gasteiger partial charge in [0, 0.05) is 39.3 Å². The van der Waals surface area contributed by atoms with Crippen LogP contribution in [0.3, 0.4) is 0 Å². The lowest BCUT2D eigenvalue weighted by molar-refractivity contribution is 0.0387. The molecule has 0 saturated carbocycles. The zero-order valence-electron chi connectivity index (χ0n) is 17.4. The van der Waals surface area contributed by atoms with Crippen LogP contribution in [0.4, 0.5) is 5.69 Å². The number of hydrogen-bond acceptors (Lipinski definition) is 6. The van der Waals surface area contributed by atoms with Crippen LogP contribution in [0.1, 0.15) is 24.2 Å². The van der Waals surface area contributed by atoms with Crippen molar-refractivity contribution in [3.63, 3.8) is 0 Å². The van der Waals surface area contributed by atoms with Crippen molar-refractivity contribution in [2.75, 3.05) is 52.0 Å². The first-order valence-corrected chi connectivity index (χ1v) is 11.1. The molecule has 158 valence electrons. The molecule has 1 aromatic carbocycles. The minimum atomic E-state index is -3.36. The van der Waals surface area contributed by atoms with Crippen molar-refractivity contribution in [1.82, 2.24) is 9.21 Å². The monoisotopic (exact) mass is 413 g/mol. The zero-order valence-corrected chi connectivity index (χ0v) is 18.2. The molecule has 2 rings (SSSR count). The quantitative estimate of drug-likeness (QED) is 0.744. The van der Waals surface area contributed by atoms with Gasteiger partial charge in [-0.15, -0.1) is 0 Å². The number of fused-ring (bicyclic) bond motifs is 1. The van der Waals surface area contributed by atoms with E-state index in [1.165, 1.54) is 11.4 Å². The van der Waals surface area contributed by atoms with E-state index in [0.717, 1.165) is 11.9 Å². The van der Waals surface area contributed by atoms with Crippen molar-refractivity contribution in [2.24, 2.45) is 5.92 Å². The molecule has 1 aliphatic heterocycles. The molecule has 0 radical (unpaired) electrons. The fourth-order valence-electron chi connectivity index (χ4n) is 3.10. The number of carbonyl (C=O) groups excluding carboxylic acids is 1. The number of rotatable bonds is 6. The predicted octanol–water partition coefficient (Wildman–Crippen LogP) is 0.864. The highest BCUT2D eigenvalue weighted by molar-refractivity contribution is 7.88. The molecule has 0 spiro atoms. The molecule has 0 fully saturated rings. The number of ether oxygens (including phenoxy) is 1.